The minimum absolute atomic E-state index is 0.123. The second kappa shape index (κ2) is 4.49. The van der Waals surface area contributed by atoms with Crippen LogP contribution in [-0.4, -0.2) is 10.9 Å². The number of benzene rings is 1. The van der Waals surface area contributed by atoms with Crippen molar-refractivity contribution in [3.8, 4) is 0 Å². The van der Waals surface area contributed by atoms with E-state index in [4.69, 9.17) is 0 Å². The molecule has 2 rings (SSSR count). The number of H-pyrrole nitrogens is 1. The van der Waals surface area contributed by atoms with Crippen molar-refractivity contribution in [1.29, 1.82) is 0 Å². The van der Waals surface area contributed by atoms with Gasteiger partial charge in [-0.05, 0) is 23.8 Å². The molecule has 0 bridgehead atoms. The van der Waals surface area contributed by atoms with E-state index in [-0.39, 0.29) is 5.91 Å². The van der Waals surface area contributed by atoms with Gasteiger partial charge in [-0.2, -0.15) is 0 Å². The summed E-state index contributed by atoms with van der Waals surface area (Å²) in [7, 11) is 0. The molecule has 1 heterocycles. The Morgan fingerprint density at radius 1 is 1.38 bits per heavy atom. The van der Waals surface area contributed by atoms with Crippen molar-refractivity contribution in [2.45, 2.75) is 0 Å². The smallest absolute Gasteiger partial charge is 0.257 e. The van der Waals surface area contributed by atoms with Crippen LogP contribution >= 0.6 is 0 Å². The molecule has 2 N–H and O–H groups in total. The number of nitrogens with one attached hydrogen (secondary N) is 2. The molecule has 0 saturated carbocycles. The van der Waals surface area contributed by atoms with Crippen molar-refractivity contribution in [2.24, 2.45) is 0 Å². The van der Waals surface area contributed by atoms with Crippen molar-refractivity contribution in [1.82, 2.24) is 4.98 Å². The normalized spacial score (nSPS) is 9.75. The van der Waals surface area contributed by atoms with Crippen molar-refractivity contribution >= 4 is 17.7 Å². The second-order valence-corrected chi connectivity index (χ2v) is 3.38. The quantitative estimate of drug-likeness (QED) is 0.807. The third-order valence-electron chi connectivity index (χ3n) is 2.24. The van der Waals surface area contributed by atoms with E-state index >= 15 is 0 Å². The van der Waals surface area contributed by atoms with Crippen LogP contribution in [0.3, 0.4) is 0 Å². The number of anilines is 1. The lowest BCUT2D eigenvalue weighted by molar-refractivity contribution is 0.102. The molecule has 0 spiro atoms. The van der Waals surface area contributed by atoms with E-state index in [2.05, 4.69) is 16.9 Å². The second-order valence-electron chi connectivity index (χ2n) is 3.38. The Labute approximate surface area is 93.8 Å². The Bertz CT molecular complexity index is 500. The zero-order valence-corrected chi connectivity index (χ0v) is 8.73. The molecule has 0 saturated heterocycles. The number of hydrogen-bond acceptors (Lipinski definition) is 1. The highest BCUT2D eigenvalue weighted by atomic mass is 16.1. The van der Waals surface area contributed by atoms with Crippen molar-refractivity contribution < 1.29 is 4.79 Å². The molecule has 1 aromatic carbocycles. The third kappa shape index (κ3) is 2.20. The van der Waals surface area contributed by atoms with Gasteiger partial charge >= 0.3 is 0 Å². The van der Waals surface area contributed by atoms with E-state index < -0.39 is 0 Å². The van der Waals surface area contributed by atoms with E-state index in [0.29, 0.717) is 5.56 Å². The lowest BCUT2D eigenvalue weighted by Gasteiger charge is -2.04. The SMILES string of the molecule is C=Cc1cccc(NC(=O)c2cc[nH]c2)c1. The molecule has 3 nitrogen and oxygen atoms in total. The van der Waals surface area contributed by atoms with Crippen LogP contribution in [0.2, 0.25) is 0 Å². The summed E-state index contributed by atoms with van der Waals surface area (Å²) < 4.78 is 0. The van der Waals surface area contributed by atoms with Crippen LogP contribution in [0.1, 0.15) is 15.9 Å². The lowest BCUT2D eigenvalue weighted by atomic mass is 10.2. The molecule has 0 fully saturated rings. The molecule has 0 radical (unpaired) electrons. The first kappa shape index (κ1) is 10.2. The molecule has 1 aromatic heterocycles. The van der Waals surface area contributed by atoms with Gasteiger partial charge in [0.2, 0.25) is 0 Å². The fourth-order valence-electron chi connectivity index (χ4n) is 1.41. The van der Waals surface area contributed by atoms with E-state index in [1.165, 1.54) is 0 Å². The molecule has 80 valence electrons. The molecule has 0 unspecified atom stereocenters. The van der Waals surface area contributed by atoms with Crippen LogP contribution in [0.5, 0.6) is 0 Å². The first-order valence-corrected chi connectivity index (χ1v) is 4.96. The monoisotopic (exact) mass is 212 g/mol. The molecule has 1 amide bonds. The summed E-state index contributed by atoms with van der Waals surface area (Å²) in [5, 5.41) is 2.81. The maximum Gasteiger partial charge on any atom is 0.257 e. The Morgan fingerprint density at radius 2 is 2.25 bits per heavy atom. The molecule has 0 aliphatic heterocycles. The van der Waals surface area contributed by atoms with Crippen LogP contribution in [0.15, 0.2) is 49.3 Å². The number of rotatable bonds is 3. The summed E-state index contributed by atoms with van der Waals surface area (Å²) in [6.45, 7) is 3.68. The Morgan fingerprint density at radius 3 is 2.94 bits per heavy atom. The standard InChI is InChI=1S/C13H12N2O/c1-2-10-4-3-5-12(8-10)15-13(16)11-6-7-14-9-11/h2-9,14H,1H2,(H,15,16). The predicted octanol–water partition coefficient (Wildman–Crippen LogP) is 2.91. The summed E-state index contributed by atoms with van der Waals surface area (Å²) in [4.78, 5) is 14.6. The molecule has 16 heavy (non-hydrogen) atoms. The van der Waals surface area contributed by atoms with Crippen molar-refractivity contribution in [2.75, 3.05) is 5.32 Å². The van der Waals surface area contributed by atoms with Crippen LogP contribution in [0.4, 0.5) is 5.69 Å². The van der Waals surface area contributed by atoms with Gasteiger partial charge in [0.05, 0.1) is 5.56 Å². The fraction of sp³-hybridized carbons (Fsp3) is 0. The van der Waals surface area contributed by atoms with E-state index in [1.54, 1.807) is 24.5 Å². The average molecular weight is 212 g/mol. The van der Waals surface area contributed by atoms with Crippen LogP contribution in [0, 0.1) is 0 Å². The molecular weight excluding hydrogens is 200 g/mol. The summed E-state index contributed by atoms with van der Waals surface area (Å²) in [5.74, 6) is -0.123. The lowest BCUT2D eigenvalue weighted by Crippen LogP contribution is -2.10. The largest absolute Gasteiger partial charge is 0.367 e. The molecule has 0 aliphatic rings. The van der Waals surface area contributed by atoms with Gasteiger partial charge in [0.25, 0.3) is 5.91 Å². The number of carbonyl (C=O) groups excluding carboxylic acids is 1. The van der Waals surface area contributed by atoms with Crippen LogP contribution in [-0.2, 0) is 0 Å². The van der Waals surface area contributed by atoms with Gasteiger partial charge in [0.1, 0.15) is 0 Å². The molecule has 0 aliphatic carbocycles. The zero-order valence-electron chi connectivity index (χ0n) is 8.73. The number of amides is 1. The van der Waals surface area contributed by atoms with Gasteiger partial charge in [-0.1, -0.05) is 24.8 Å². The highest BCUT2D eigenvalue weighted by molar-refractivity contribution is 6.04. The topological polar surface area (TPSA) is 44.9 Å². The van der Waals surface area contributed by atoms with Gasteiger partial charge in [0.15, 0.2) is 0 Å². The Hall–Kier alpha value is -2.29. The Kier molecular flexibility index (Phi) is 2.87. The number of carbonyl (C=O) groups is 1. The minimum atomic E-state index is -0.123. The number of aromatic nitrogens is 1. The van der Waals surface area contributed by atoms with Crippen LogP contribution in [0.25, 0.3) is 6.08 Å². The maximum absolute atomic E-state index is 11.7. The third-order valence-corrected chi connectivity index (χ3v) is 2.24. The fourth-order valence-corrected chi connectivity index (χ4v) is 1.41. The van der Waals surface area contributed by atoms with Crippen LogP contribution < -0.4 is 5.32 Å². The Balaban J connectivity index is 2.15. The average Bonchev–Trinajstić information content (AvgIpc) is 2.83. The van der Waals surface area contributed by atoms with E-state index in [9.17, 15) is 4.79 Å². The van der Waals surface area contributed by atoms with E-state index in [1.807, 2.05) is 24.3 Å². The van der Waals surface area contributed by atoms with Crippen molar-refractivity contribution in [3.63, 3.8) is 0 Å². The van der Waals surface area contributed by atoms with Gasteiger partial charge in [-0.15, -0.1) is 0 Å². The number of aromatic amines is 1. The van der Waals surface area contributed by atoms with Gasteiger partial charge in [0, 0.05) is 18.1 Å². The highest BCUT2D eigenvalue weighted by Gasteiger charge is 2.05. The van der Waals surface area contributed by atoms with Gasteiger partial charge in [-0.25, -0.2) is 0 Å². The van der Waals surface area contributed by atoms with Gasteiger partial charge < -0.3 is 10.3 Å². The molecular formula is C13H12N2O. The van der Waals surface area contributed by atoms with E-state index in [0.717, 1.165) is 11.3 Å². The highest BCUT2D eigenvalue weighted by Crippen LogP contribution is 2.12. The summed E-state index contributed by atoms with van der Waals surface area (Å²) in [6.07, 6.45) is 5.12. The summed E-state index contributed by atoms with van der Waals surface area (Å²) in [5.41, 5.74) is 2.36. The minimum Gasteiger partial charge on any atom is -0.367 e. The first-order valence-electron chi connectivity index (χ1n) is 4.96. The first-order chi connectivity index (χ1) is 7.79. The molecule has 2 aromatic rings. The molecule has 0 atom stereocenters. The predicted molar refractivity (Wildman–Crippen MR) is 65.3 cm³/mol. The summed E-state index contributed by atoms with van der Waals surface area (Å²) >= 11 is 0. The number of hydrogen-bond donors (Lipinski definition) is 2. The molecule has 3 heteroatoms. The zero-order chi connectivity index (χ0) is 11.4. The maximum atomic E-state index is 11.7. The van der Waals surface area contributed by atoms with Crippen molar-refractivity contribution in [3.05, 3.63) is 60.4 Å². The van der Waals surface area contributed by atoms with Gasteiger partial charge in [-0.3, -0.25) is 4.79 Å². The summed E-state index contributed by atoms with van der Waals surface area (Å²) in [6, 6.07) is 9.25.